The second-order valence-electron chi connectivity index (χ2n) is 6.32. The van der Waals surface area contributed by atoms with Crippen molar-refractivity contribution in [3.63, 3.8) is 0 Å². The lowest BCUT2D eigenvalue weighted by atomic mass is 10.3. The Hall–Kier alpha value is -3.01. The molecule has 0 unspecified atom stereocenters. The summed E-state index contributed by atoms with van der Waals surface area (Å²) in [7, 11) is -0.608. The fraction of sp³-hybridized carbons (Fsp3) is 0.0952. The molecule has 31 heavy (non-hydrogen) atoms. The first-order chi connectivity index (χ1) is 14.8. The van der Waals surface area contributed by atoms with E-state index < -0.39 is 10.0 Å². The van der Waals surface area contributed by atoms with Crippen LogP contribution in [0.3, 0.4) is 0 Å². The van der Waals surface area contributed by atoms with Gasteiger partial charge in [-0.3, -0.25) is 4.72 Å². The van der Waals surface area contributed by atoms with Gasteiger partial charge < -0.3 is 20.1 Å². The molecule has 3 rings (SSSR count). The first kappa shape index (κ1) is 22.7. The van der Waals surface area contributed by atoms with Crippen LogP contribution in [0.1, 0.15) is 0 Å². The normalized spacial score (nSPS) is 10.8. The van der Waals surface area contributed by atoms with Gasteiger partial charge in [0.15, 0.2) is 5.11 Å². The summed E-state index contributed by atoms with van der Waals surface area (Å²) in [5.74, 6) is 1.24. The summed E-state index contributed by atoms with van der Waals surface area (Å²) in [5.41, 5.74) is 1.73. The fourth-order valence-electron chi connectivity index (χ4n) is 2.62. The first-order valence-corrected chi connectivity index (χ1v) is 11.3. The molecule has 3 aromatic carbocycles. The highest BCUT2D eigenvalue weighted by atomic mass is 35.5. The Balaban J connectivity index is 1.66. The molecule has 7 nitrogen and oxygen atoms in total. The van der Waals surface area contributed by atoms with Crippen molar-refractivity contribution in [1.82, 2.24) is 0 Å². The predicted molar refractivity (Wildman–Crippen MR) is 128 cm³/mol. The lowest BCUT2D eigenvalue weighted by Crippen LogP contribution is -2.19. The van der Waals surface area contributed by atoms with Crippen LogP contribution < -0.4 is 24.8 Å². The molecule has 0 spiro atoms. The van der Waals surface area contributed by atoms with Crippen molar-refractivity contribution in [2.45, 2.75) is 4.90 Å². The van der Waals surface area contributed by atoms with Gasteiger partial charge in [0.05, 0.1) is 19.1 Å². The van der Waals surface area contributed by atoms with Crippen LogP contribution in [0.5, 0.6) is 11.5 Å². The molecule has 3 N–H and O–H groups in total. The number of halogens is 1. The summed E-state index contributed by atoms with van der Waals surface area (Å²) in [6.07, 6.45) is 0. The summed E-state index contributed by atoms with van der Waals surface area (Å²) < 4.78 is 38.1. The van der Waals surface area contributed by atoms with Gasteiger partial charge in [0, 0.05) is 40.3 Å². The van der Waals surface area contributed by atoms with Crippen molar-refractivity contribution >= 4 is 56.0 Å². The molecule has 0 aromatic heterocycles. The van der Waals surface area contributed by atoms with E-state index >= 15 is 0 Å². The van der Waals surface area contributed by atoms with Crippen molar-refractivity contribution in [2.75, 3.05) is 29.6 Å². The van der Waals surface area contributed by atoms with Gasteiger partial charge in [-0.1, -0.05) is 11.6 Å². The second-order valence-corrected chi connectivity index (χ2v) is 8.84. The standard InChI is InChI=1S/C21H20ClN3O4S2/c1-28-18-11-17(12-19(13-18)29-2)24-21(30)23-15-7-9-20(10-8-15)31(26,27)25-16-5-3-14(22)4-6-16/h3-13,25H,1-2H3,(H2,23,24,30). The van der Waals surface area contributed by atoms with Crippen molar-refractivity contribution < 1.29 is 17.9 Å². The Morgan fingerprint density at radius 1 is 0.806 bits per heavy atom. The number of methoxy groups -OCH3 is 2. The maximum Gasteiger partial charge on any atom is 0.261 e. The molecule has 3 aromatic rings. The Morgan fingerprint density at radius 3 is 1.87 bits per heavy atom. The van der Waals surface area contributed by atoms with Gasteiger partial charge in [0.1, 0.15) is 11.5 Å². The van der Waals surface area contributed by atoms with E-state index in [1.165, 1.54) is 12.1 Å². The van der Waals surface area contributed by atoms with Crippen LogP contribution in [0.25, 0.3) is 0 Å². The summed E-state index contributed by atoms with van der Waals surface area (Å²) in [6.45, 7) is 0. The molecule has 0 amide bonds. The zero-order valence-corrected chi connectivity index (χ0v) is 19.1. The van der Waals surface area contributed by atoms with Crippen LogP contribution in [0.15, 0.2) is 71.6 Å². The zero-order chi connectivity index (χ0) is 22.4. The molecule has 0 radical (unpaired) electrons. The lowest BCUT2D eigenvalue weighted by Gasteiger charge is -2.13. The summed E-state index contributed by atoms with van der Waals surface area (Å²) in [4.78, 5) is 0.115. The Bertz CT molecular complexity index is 1150. The smallest absolute Gasteiger partial charge is 0.261 e. The highest BCUT2D eigenvalue weighted by Crippen LogP contribution is 2.26. The Labute approximate surface area is 191 Å². The minimum Gasteiger partial charge on any atom is -0.497 e. The second kappa shape index (κ2) is 9.86. The van der Waals surface area contributed by atoms with Gasteiger partial charge in [-0.15, -0.1) is 0 Å². The number of hydrogen-bond acceptors (Lipinski definition) is 5. The number of thiocarbonyl (C=S) groups is 1. The average molecular weight is 478 g/mol. The molecule has 0 aliphatic heterocycles. The monoisotopic (exact) mass is 477 g/mol. The van der Waals surface area contributed by atoms with Gasteiger partial charge in [-0.05, 0) is 60.7 Å². The van der Waals surface area contributed by atoms with E-state index in [0.717, 1.165) is 0 Å². The van der Waals surface area contributed by atoms with E-state index in [0.29, 0.717) is 38.7 Å². The van der Waals surface area contributed by atoms with Crippen molar-refractivity contribution in [2.24, 2.45) is 0 Å². The van der Waals surface area contributed by atoms with E-state index in [2.05, 4.69) is 15.4 Å². The molecule has 0 saturated heterocycles. The van der Waals surface area contributed by atoms with E-state index in [1.54, 1.807) is 68.8 Å². The number of benzene rings is 3. The third-order valence-corrected chi connectivity index (χ3v) is 5.98. The molecular formula is C21H20ClN3O4S2. The van der Waals surface area contributed by atoms with Crippen LogP contribution in [0, 0.1) is 0 Å². The predicted octanol–water partition coefficient (Wildman–Crippen LogP) is 4.97. The number of rotatable bonds is 7. The molecule has 0 atom stereocenters. The molecule has 10 heteroatoms. The summed E-state index contributed by atoms with van der Waals surface area (Å²) in [5, 5.41) is 6.90. The van der Waals surface area contributed by atoms with E-state index in [4.69, 9.17) is 33.3 Å². The molecule has 0 aliphatic rings. The minimum absolute atomic E-state index is 0.115. The van der Waals surface area contributed by atoms with E-state index in [9.17, 15) is 8.42 Å². The molecule has 0 fully saturated rings. The topological polar surface area (TPSA) is 88.7 Å². The van der Waals surface area contributed by atoms with Crippen molar-refractivity contribution in [3.8, 4) is 11.5 Å². The molecule has 0 heterocycles. The van der Waals surface area contributed by atoms with Crippen LogP contribution >= 0.6 is 23.8 Å². The number of anilines is 3. The third kappa shape index (κ3) is 6.24. The van der Waals surface area contributed by atoms with Gasteiger partial charge in [0.2, 0.25) is 0 Å². The quantitative estimate of drug-likeness (QED) is 0.414. The minimum atomic E-state index is -3.73. The van der Waals surface area contributed by atoms with Gasteiger partial charge in [-0.25, -0.2) is 8.42 Å². The SMILES string of the molecule is COc1cc(NC(=S)Nc2ccc(S(=O)(=O)Nc3ccc(Cl)cc3)cc2)cc(OC)c1. The molecule has 0 saturated carbocycles. The largest absolute Gasteiger partial charge is 0.497 e. The molecule has 0 bridgehead atoms. The fourth-order valence-corrected chi connectivity index (χ4v) is 4.04. The number of nitrogens with one attached hydrogen (secondary N) is 3. The van der Waals surface area contributed by atoms with Crippen molar-refractivity contribution in [1.29, 1.82) is 0 Å². The summed E-state index contributed by atoms with van der Waals surface area (Å²) >= 11 is 11.2. The lowest BCUT2D eigenvalue weighted by molar-refractivity contribution is 0.395. The maximum absolute atomic E-state index is 12.6. The van der Waals surface area contributed by atoms with Crippen LogP contribution in [0.2, 0.25) is 5.02 Å². The highest BCUT2D eigenvalue weighted by molar-refractivity contribution is 7.92. The van der Waals surface area contributed by atoms with Crippen LogP contribution in [-0.2, 0) is 10.0 Å². The molecule has 162 valence electrons. The van der Waals surface area contributed by atoms with Crippen LogP contribution in [0.4, 0.5) is 17.1 Å². The Kier molecular flexibility index (Phi) is 7.21. The number of ether oxygens (including phenoxy) is 2. The van der Waals surface area contributed by atoms with E-state index in [1.807, 2.05) is 0 Å². The zero-order valence-electron chi connectivity index (χ0n) is 16.7. The van der Waals surface area contributed by atoms with Gasteiger partial charge >= 0.3 is 0 Å². The van der Waals surface area contributed by atoms with Gasteiger partial charge in [-0.2, -0.15) is 0 Å². The third-order valence-electron chi connectivity index (χ3n) is 4.13. The average Bonchev–Trinajstić information content (AvgIpc) is 2.75. The van der Waals surface area contributed by atoms with Crippen molar-refractivity contribution in [3.05, 3.63) is 71.8 Å². The maximum atomic E-state index is 12.6. The number of sulfonamides is 1. The van der Waals surface area contributed by atoms with Crippen LogP contribution in [-0.4, -0.2) is 27.7 Å². The first-order valence-electron chi connectivity index (χ1n) is 8.98. The molecule has 0 aliphatic carbocycles. The van der Waals surface area contributed by atoms with Gasteiger partial charge in [0.25, 0.3) is 10.0 Å². The summed E-state index contributed by atoms with van der Waals surface area (Å²) in [6, 6.07) is 17.9. The Morgan fingerprint density at radius 2 is 1.32 bits per heavy atom. The number of hydrogen-bond donors (Lipinski definition) is 3. The van der Waals surface area contributed by atoms with E-state index in [-0.39, 0.29) is 4.90 Å². The highest BCUT2D eigenvalue weighted by Gasteiger charge is 2.14. The molecular weight excluding hydrogens is 458 g/mol.